The van der Waals surface area contributed by atoms with Crippen LogP contribution < -0.4 is 10.6 Å². The largest absolute Gasteiger partial charge is 0.381 e. The molecule has 0 radical (unpaired) electrons. The van der Waals surface area contributed by atoms with E-state index in [1.54, 1.807) is 7.11 Å². The zero-order valence-electron chi connectivity index (χ0n) is 11.3. The average Bonchev–Trinajstić information content (AvgIpc) is 2.34. The summed E-state index contributed by atoms with van der Waals surface area (Å²) in [7, 11) is 1.77. The molecule has 0 aliphatic heterocycles. The smallest absolute Gasteiger partial charge is 0.233 e. The van der Waals surface area contributed by atoms with E-state index >= 15 is 0 Å². The first-order chi connectivity index (χ1) is 8.11. The number of carbonyl (C=O) groups is 1. The maximum absolute atomic E-state index is 11.5. The highest BCUT2D eigenvalue weighted by molar-refractivity contribution is 5.77. The van der Waals surface area contributed by atoms with Crippen LogP contribution in [-0.2, 0) is 9.53 Å². The normalized spacial score (nSPS) is 24.9. The van der Waals surface area contributed by atoms with Crippen LogP contribution in [0.25, 0.3) is 0 Å². The molecule has 4 nitrogen and oxygen atoms in total. The Morgan fingerprint density at radius 1 is 1.41 bits per heavy atom. The monoisotopic (exact) mass is 242 g/mol. The second-order valence-corrected chi connectivity index (χ2v) is 5.30. The number of methoxy groups -OCH3 is 1. The molecule has 2 unspecified atom stereocenters. The van der Waals surface area contributed by atoms with E-state index < -0.39 is 0 Å². The molecule has 0 saturated heterocycles. The van der Waals surface area contributed by atoms with Gasteiger partial charge in [-0.25, -0.2) is 0 Å². The predicted molar refractivity (Wildman–Crippen MR) is 68.9 cm³/mol. The first-order valence-electron chi connectivity index (χ1n) is 6.64. The van der Waals surface area contributed by atoms with Crippen LogP contribution in [-0.4, -0.2) is 38.3 Å². The number of nitrogens with one attached hydrogen (secondary N) is 2. The minimum Gasteiger partial charge on any atom is -0.381 e. The van der Waals surface area contributed by atoms with Gasteiger partial charge in [-0.3, -0.25) is 4.79 Å². The van der Waals surface area contributed by atoms with Crippen molar-refractivity contribution in [2.24, 2.45) is 5.92 Å². The lowest BCUT2D eigenvalue weighted by Gasteiger charge is -2.28. The van der Waals surface area contributed by atoms with Crippen LogP contribution in [0.2, 0.25) is 0 Å². The maximum Gasteiger partial charge on any atom is 0.233 e. The van der Waals surface area contributed by atoms with E-state index in [1.165, 1.54) is 6.42 Å². The third-order valence-electron chi connectivity index (χ3n) is 3.22. The highest BCUT2D eigenvalue weighted by Crippen LogP contribution is 2.20. The van der Waals surface area contributed by atoms with Gasteiger partial charge in [-0.15, -0.1) is 0 Å². The molecule has 1 rings (SSSR count). The fourth-order valence-electron chi connectivity index (χ4n) is 2.16. The van der Waals surface area contributed by atoms with E-state index in [0.717, 1.165) is 25.8 Å². The zero-order valence-corrected chi connectivity index (χ0v) is 11.3. The van der Waals surface area contributed by atoms with Gasteiger partial charge in [0, 0.05) is 19.7 Å². The summed E-state index contributed by atoms with van der Waals surface area (Å²) in [6, 6.07) is 0.429. The summed E-state index contributed by atoms with van der Waals surface area (Å²) in [4.78, 5) is 11.5. The van der Waals surface area contributed by atoms with Gasteiger partial charge in [0.25, 0.3) is 0 Å². The molecule has 1 fully saturated rings. The first-order valence-corrected chi connectivity index (χ1v) is 6.64. The Balaban J connectivity index is 2.14. The van der Waals surface area contributed by atoms with Gasteiger partial charge in [-0.05, 0) is 31.6 Å². The standard InChI is InChI=1S/C13H26N2O2/c1-10(2)8-15-13(16)9-14-11-5-4-6-12(7-11)17-3/h10-12,14H,4-9H2,1-3H3,(H,15,16). The number of hydrogen-bond donors (Lipinski definition) is 2. The van der Waals surface area contributed by atoms with E-state index in [2.05, 4.69) is 24.5 Å². The Morgan fingerprint density at radius 2 is 2.18 bits per heavy atom. The minimum absolute atomic E-state index is 0.0956. The molecule has 4 heteroatoms. The van der Waals surface area contributed by atoms with Gasteiger partial charge < -0.3 is 15.4 Å². The summed E-state index contributed by atoms with van der Waals surface area (Å²) in [5.74, 6) is 0.602. The molecule has 0 bridgehead atoms. The SMILES string of the molecule is COC1CCCC(NCC(=O)NCC(C)C)C1. The van der Waals surface area contributed by atoms with Crippen LogP contribution >= 0.6 is 0 Å². The fourth-order valence-corrected chi connectivity index (χ4v) is 2.16. The summed E-state index contributed by atoms with van der Waals surface area (Å²) < 4.78 is 5.37. The summed E-state index contributed by atoms with van der Waals surface area (Å²) in [6.07, 6.45) is 4.86. The van der Waals surface area contributed by atoms with Crippen molar-refractivity contribution < 1.29 is 9.53 Å². The lowest BCUT2D eigenvalue weighted by atomic mass is 9.93. The Hall–Kier alpha value is -0.610. The van der Waals surface area contributed by atoms with E-state index in [1.807, 2.05) is 0 Å². The Labute approximate surface area is 104 Å². The summed E-state index contributed by atoms with van der Waals surface area (Å²) >= 11 is 0. The van der Waals surface area contributed by atoms with E-state index in [-0.39, 0.29) is 5.91 Å². The quantitative estimate of drug-likeness (QED) is 0.738. The van der Waals surface area contributed by atoms with Crippen LogP contribution in [0, 0.1) is 5.92 Å². The molecule has 1 aliphatic rings. The van der Waals surface area contributed by atoms with Crippen molar-refractivity contribution in [3.05, 3.63) is 0 Å². The molecular weight excluding hydrogens is 216 g/mol. The highest BCUT2D eigenvalue weighted by atomic mass is 16.5. The third kappa shape index (κ3) is 6.03. The second kappa shape index (κ2) is 7.67. The van der Waals surface area contributed by atoms with Gasteiger partial charge in [-0.2, -0.15) is 0 Å². The van der Waals surface area contributed by atoms with E-state index in [0.29, 0.717) is 24.6 Å². The topological polar surface area (TPSA) is 50.4 Å². The van der Waals surface area contributed by atoms with Crippen LogP contribution in [0.4, 0.5) is 0 Å². The molecule has 1 amide bonds. The molecule has 2 atom stereocenters. The van der Waals surface area contributed by atoms with Gasteiger partial charge in [-0.1, -0.05) is 13.8 Å². The molecule has 0 aromatic rings. The first kappa shape index (κ1) is 14.5. The molecule has 17 heavy (non-hydrogen) atoms. The molecule has 2 N–H and O–H groups in total. The van der Waals surface area contributed by atoms with Gasteiger partial charge >= 0.3 is 0 Å². The molecule has 0 heterocycles. The fraction of sp³-hybridized carbons (Fsp3) is 0.923. The summed E-state index contributed by atoms with van der Waals surface area (Å²) in [5.41, 5.74) is 0. The second-order valence-electron chi connectivity index (χ2n) is 5.30. The van der Waals surface area contributed by atoms with Crippen molar-refractivity contribution in [1.29, 1.82) is 0 Å². The van der Waals surface area contributed by atoms with E-state index in [9.17, 15) is 4.79 Å². The van der Waals surface area contributed by atoms with Crippen molar-refractivity contribution in [3.63, 3.8) is 0 Å². The zero-order chi connectivity index (χ0) is 12.7. The number of carbonyl (C=O) groups excluding carboxylic acids is 1. The van der Waals surface area contributed by atoms with Gasteiger partial charge in [0.2, 0.25) is 5.91 Å². The highest BCUT2D eigenvalue weighted by Gasteiger charge is 2.21. The molecule has 100 valence electrons. The summed E-state index contributed by atoms with van der Waals surface area (Å²) in [5, 5.41) is 6.23. The number of hydrogen-bond acceptors (Lipinski definition) is 3. The Bertz CT molecular complexity index is 231. The van der Waals surface area contributed by atoms with Gasteiger partial charge in [0.15, 0.2) is 0 Å². The summed E-state index contributed by atoms with van der Waals surface area (Å²) in [6.45, 7) is 5.37. The molecule has 0 aromatic carbocycles. The lowest BCUT2D eigenvalue weighted by molar-refractivity contribution is -0.120. The van der Waals surface area contributed by atoms with Crippen molar-refractivity contribution in [1.82, 2.24) is 10.6 Å². The van der Waals surface area contributed by atoms with Crippen molar-refractivity contribution in [2.45, 2.75) is 51.7 Å². The van der Waals surface area contributed by atoms with Crippen molar-refractivity contribution in [2.75, 3.05) is 20.2 Å². The average molecular weight is 242 g/mol. The third-order valence-corrected chi connectivity index (χ3v) is 3.22. The number of ether oxygens (including phenoxy) is 1. The Morgan fingerprint density at radius 3 is 2.82 bits per heavy atom. The van der Waals surface area contributed by atoms with E-state index in [4.69, 9.17) is 4.74 Å². The van der Waals surface area contributed by atoms with Crippen LogP contribution in [0.3, 0.4) is 0 Å². The van der Waals surface area contributed by atoms with Crippen molar-refractivity contribution in [3.8, 4) is 0 Å². The number of rotatable bonds is 6. The maximum atomic E-state index is 11.5. The Kier molecular flexibility index (Phi) is 6.52. The molecule has 0 aromatic heterocycles. The number of amides is 1. The molecule has 0 spiro atoms. The van der Waals surface area contributed by atoms with Crippen molar-refractivity contribution >= 4 is 5.91 Å². The lowest BCUT2D eigenvalue weighted by Crippen LogP contribution is -2.43. The predicted octanol–water partition coefficient (Wildman–Crippen LogP) is 1.31. The molecule has 1 aliphatic carbocycles. The van der Waals surface area contributed by atoms with Crippen LogP contribution in [0.15, 0.2) is 0 Å². The van der Waals surface area contributed by atoms with Crippen LogP contribution in [0.5, 0.6) is 0 Å². The minimum atomic E-state index is 0.0956. The van der Waals surface area contributed by atoms with Gasteiger partial charge in [0.05, 0.1) is 12.6 Å². The van der Waals surface area contributed by atoms with Crippen LogP contribution in [0.1, 0.15) is 39.5 Å². The molecular formula is C13H26N2O2. The molecule has 1 saturated carbocycles. The van der Waals surface area contributed by atoms with Gasteiger partial charge in [0.1, 0.15) is 0 Å².